The molecule has 0 unspecified atom stereocenters. The van der Waals surface area contributed by atoms with Crippen molar-refractivity contribution >= 4 is 74.4 Å². The Bertz CT molecular complexity index is 5020. The summed E-state index contributed by atoms with van der Waals surface area (Å²) in [5.41, 5.74) is 26.3. The van der Waals surface area contributed by atoms with Crippen molar-refractivity contribution in [1.29, 1.82) is 0 Å². The molecule has 16 rings (SSSR count). The molecule has 4 heterocycles. The molecule has 0 radical (unpaired) electrons. The van der Waals surface area contributed by atoms with E-state index in [1.807, 2.05) is 109 Å². The number of aryl methyl sites for hydroxylation is 12. The highest BCUT2D eigenvalue weighted by Gasteiger charge is 2.29. The Morgan fingerprint density at radius 1 is 0.342 bits per heavy atom. The first kappa shape index (κ1) is 86.2. The third-order valence-corrected chi connectivity index (χ3v) is 22.0. The molecule has 120 heavy (non-hydrogen) atoms. The zero-order chi connectivity index (χ0) is 84.3. The van der Waals surface area contributed by atoms with Crippen molar-refractivity contribution < 1.29 is 49.1 Å². The van der Waals surface area contributed by atoms with Crippen molar-refractivity contribution in [3.05, 3.63) is 297 Å². The smallest absolute Gasteiger partial charge is 0.229 e. The number of aromatic nitrogens is 8. The molecule has 4 aliphatic carbocycles. The summed E-state index contributed by atoms with van der Waals surface area (Å²) >= 11 is 9.34. The van der Waals surface area contributed by atoms with Crippen LogP contribution in [0, 0.1) is 5.82 Å². The summed E-state index contributed by atoms with van der Waals surface area (Å²) in [6, 6.07) is 51.4. The summed E-state index contributed by atoms with van der Waals surface area (Å²) in [5, 5.41) is 59.5. The van der Waals surface area contributed by atoms with Crippen LogP contribution in [0.25, 0.3) is 45.0 Å². The summed E-state index contributed by atoms with van der Waals surface area (Å²) in [6.07, 6.45) is 13.8. The van der Waals surface area contributed by atoms with Crippen molar-refractivity contribution in [3.63, 3.8) is 0 Å². The largest absolute Gasteiger partial charge is 0.508 e. The van der Waals surface area contributed by atoms with Crippen LogP contribution in [0.4, 0.5) is 27.7 Å². The molecule has 0 bridgehead atoms. The third kappa shape index (κ3) is 21.8. The molecule has 9 N–H and O–H groups in total. The van der Waals surface area contributed by atoms with Crippen LogP contribution in [-0.2, 0) is 148 Å². The van der Waals surface area contributed by atoms with Gasteiger partial charge in [0.2, 0.25) is 23.6 Å². The van der Waals surface area contributed by atoms with E-state index in [1.165, 1.54) is 34.4 Å². The number of carbonyl (C=O) groups is 4. The molecular weight excluding hydrogens is 1600 g/mol. The average Bonchev–Trinajstić information content (AvgIpc) is 0.786. The number of phenolic OH excluding ortho intramolecular Hbond substituents is 1. The molecule has 0 aliphatic heterocycles. The lowest BCUT2D eigenvalue weighted by atomic mass is 9.90. The van der Waals surface area contributed by atoms with Gasteiger partial charge in [-0.25, -0.2) is 44.3 Å². The van der Waals surface area contributed by atoms with E-state index in [0.717, 1.165) is 236 Å². The van der Waals surface area contributed by atoms with Crippen molar-refractivity contribution in [2.45, 2.75) is 183 Å². The number of aromatic hydroxyl groups is 1. The number of hydrogen-bond donors (Lipinski definition) is 9. The maximum Gasteiger partial charge on any atom is 0.229 e. The first-order chi connectivity index (χ1) is 58.3. The zero-order valence-corrected chi connectivity index (χ0v) is 70.1. The fourth-order valence-electron chi connectivity index (χ4n) is 15.2. The van der Waals surface area contributed by atoms with Gasteiger partial charge in [-0.1, -0.05) is 202 Å². The molecule has 4 amide bonds. The van der Waals surface area contributed by atoms with Gasteiger partial charge in [-0.15, -0.1) is 0 Å². The van der Waals surface area contributed by atoms with E-state index < -0.39 is 0 Å². The maximum absolute atomic E-state index is 13.1. The van der Waals surface area contributed by atoms with Gasteiger partial charge in [-0.3, -0.25) is 19.2 Å². The summed E-state index contributed by atoms with van der Waals surface area (Å²) in [6.45, 7) is 8.43. The number of hydrogen-bond acceptors (Lipinski definition) is 17. The Morgan fingerprint density at radius 2 is 0.583 bits per heavy atom. The molecule has 0 atom stereocenters. The third-order valence-electron chi connectivity index (χ3n) is 21.2. The highest BCUT2D eigenvalue weighted by atomic mass is 79.9. The molecule has 616 valence electrons. The van der Waals surface area contributed by atoms with Gasteiger partial charge in [-0.05, 0) is 192 Å². The van der Waals surface area contributed by atoms with Crippen LogP contribution in [-0.4, -0.2) is 89.0 Å². The summed E-state index contributed by atoms with van der Waals surface area (Å²) in [4.78, 5) is 89.2. The van der Waals surface area contributed by atoms with Gasteiger partial charge < -0.3 is 46.8 Å². The molecule has 0 saturated heterocycles. The van der Waals surface area contributed by atoms with Crippen molar-refractivity contribution in [1.82, 2.24) is 39.9 Å². The molecule has 0 fully saturated rings. The van der Waals surface area contributed by atoms with Gasteiger partial charge in [0.1, 0.15) is 11.6 Å². The number of aliphatic hydroxyl groups is 4. The van der Waals surface area contributed by atoms with Crippen molar-refractivity contribution in [2.24, 2.45) is 0 Å². The number of benzene rings is 8. The lowest BCUT2D eigenvalue weighted by Crippen LogP contribution is -2.20. The number of phenols is 1. The number of rotatable bonds is 24. The number of fused-ring (bicyclic) bond motifs is 12. The van der Waals surface area contributed by atoms with Gasteiger partial charge in [-0.2, -0.15) is 0 Å². The number of amides is 4. The molecular formula is C96H97BrClFN12O9. The standard InChI is InChI=1S/C24H24BrN3O2.C24H24ClN3O2.C24H24FN3O2.C24H25N3O3/c3*1-2-3-21-24(28-22(30)13-15-4-8-18(25)9-5-15)27-20-11-7-17-12-16(14-29)6-10-19(17)23(20)26-21;1-2-3-21-24(27-22(30)13-15-4-8-18(29)9-5-15)26-20-11-7-17-12-16(14-28)6-10-19(17)23(20)25-21/h3*4-6,8-10,12,29H,2-3,7,11,13-14H2,1H3,(H,27,28,30);4-6,8-10,12,28-29H,2-3,7,11,13-14H2,1H3,(H,26,27,30). The monoisotopic (exact) mass is 1690 g/mol. The number of aliphatic hydroxyl groups excluding tert-OH is 4. The summed E-state index contributed by atoms with van der Waals surface area (Å²) in [7, 11) is 0. The number of nitrogens with one attached hydrogen (secondary N) is 4. The first-order valence-electron chi connectivity index (χ1n) is 41.0. The predicted molar refractivity (Wildman–Crippen MR) is 469 cm³/mol. The molecule has 0 saturated carbocycles. The molecule has 4 aromatic heterocycles. The van der Waals surface area contributed by atoms with Crippen molar-refractivity contribution in [3.8, 4) is 50.8 Å². The van der Waals surface area contributed by atoms with Crippen LogP contribution in [0.15, 0.2) is 174 Å². The first-order valence-corrected chi connectivity index (χ1v) is 42.2. The van der Waals surface area contributed by atoms with E-state index in [1.54, 1.807) is 48.5 Å². The second-order valence-corrected chi connectivity index (χ2v) is 31.7. The molecule has 24 heteroatoms. The Hall–Kier alpha value is -11.7. The van der Waals surface area contributed by atoms with E-state index in [4.69, 9.17) is 51.5 Å². The topological polar surface area (TPSA) is 321 Å². The summed E-state index contributed by atoms with van der Waals surface area (Å²) in [5.74, 6) is 1.48. The number of halogens is 3. The number of nitrogens with zero attached hydrogens (tertiary/aromatic N) is 8. The number of carbonyl (C=O) groups excluding carboxylic acids is 4. The number of anilines is 4. The minimum absolute atomic E-state index is 0.0198. The normalized spacial score (nSPS) is 12.2. The molecule has 0 spiro atoms. The fourth-order valence-corrected chi connectivity index (χ4v) is 15.6. The van der Waals surface area contributed by atoms with E-state index >= 15 is 0 Å². The molecule has 12 aromatic rings. The van der Waals surface area contributed by atoms with Crippen LogP contribution in [0.2, 0.25) is 5.02 Å². The Kier molecular flexibility index (Phi) is 29.3. The molecule has 8 aromatic carbocycles. The maximum atomic E-state index is 13.1. The van der Waals surface area contributed by atoms with E-state index in [9.17, 15) is 49.1 Å². The van der Waals surface area contributed by atoms with Crippen LogP contribution in [0.5, 0.6) is 5.75 Å². The van der Waals surface area contributed by atoms with E-state index in [0.29, 0.717) is 41.1 Å². The minimum Gasteiger partial charge on any atom is -0.508 e. The minimum atomic E-state index is -0.323. The van der Waals surface area contributed by atoms with E-state index in [-0.39, 0.29) is 80.9 Å². The van der Waals surface area contributed by atoms with Gasteiger partial charge in [0.15, 0.2) is 23.3 Å². The predicted octanol–water partition coefficient (Wildman–Crippen LogP) is 16.7. The second-order valence-electron chi connectivity index (χ2n) is 30.3. The van der Waals surface area contributed by atoms with Gasteiger partial charge in [0, 0.05) is 31.7 Å². The second kappa shape index (κ2) is 40.8. The SMILES string of the molecule is CCCc1nc2c(nc1NC(=O)Cc1ccc(Br)cc1)CCc1cc(CO)ccc1-2.CCCc1nc2c(nc1NC(=O)Cc1ccc(Cl)cc1)CCc1cc(CO)ccc1-2.CCCc1nc2c(nc1NC(=O)Cc1ccc(F)cc1)CCc1cc(CO)ccc1-2.CCCc1nc2c(nc1NC(=O)Cc1ccc(O)cc1)CCc1cc(CO)ccc1-2. The quantitative estimate of drug-likeness (QED) is 0.0271. The lowest BCUT2D eigenvalue weighted by Gasteiger charge is -2.21. The van der Waals surface area contributed by atoms with Gasteiger partial charge >= 0.3 is 0 Å². The van der Waals surface area contributed by atoms with Crippen molar-refractivity contribution in [2.75, 3.05) is 21.3 Å². The Balaban J connectivity index is 0.000000138. The highest BCUT2D eigenvalue weighted by Crippen LogP contribution is 2.39. The highest BCUT2D eigenvalue weighted by molar-refractivity contribution is 9.10. The zero-order valence-electron chi connectivity index (χ0n) is 67.7. The van der Waals surface area contributed by atoms with Crippen LogP contribution < -0.4 is 21.3 Å². The summed E-state index contributed by atoms with van der Waals surface area (Å²) < 4.78 is 14.1. The lowest BCUT2D eigenvalue weighted by molar-refractivity contribution is -0.116. The van der Waals surface area contributed by atoms with E-state index in [2.05, 4.69) is 64.9 Å². The van der Waals surface area contributed by atoms with Crippen LogP contribution in [0.3, 0.4) is 0 Å². The Morgan fingerprint density at radius 3 is 0.842 bits per heavy atom. The molecule has 21 nitrogen and oxygen atoms in total. The fraction of sp³-hybridized carbons (Fsp3) is 0.292. The Labute approximate surface area is 711 Å². The van der Waals surface area contributed by atoms with Crippen LogP contribution in [0.1, 0.15) is 166 Å². The molecule has 4 aliphatic rings. The average molecular weight is 1700 g/mol. The van der Waals surface area contributed by atoms with Crippen LogP contribution >= 0.6 is 27.5 Å². The van der Waals surface area contributed by atoms with Gasteiger partial charge in [0.05, 0.1) is 120 Å². The van der Waals surface area contributed by atoms with Gasteiger partial charge in [0.25, 0.3) is 0 Å².